The van der Waals surface area contributed by atoms with Crippen molar-refractivity contribution < 1.29 is 24.1 Å². The van der Waals surface area contributed by atoms with Crippen molar-refractivity contribution in [2.45, 2.75) is 47.5 Å². The highest BCUT2D eigenvalue weighted by Gasteiger charge is 2.22. The van der Waals surface area contributed by atoms with E-state index in [4.69, 9.17) is 24.1 Å². The molecular weight excluding hydrogens is 284 g/mol. The smallest absolute Gasteiger partial charge is 0.290 e. The van der Waals surface area contributed by atoms with Gasteiger partial charge in [0.2, 0.25) is 0 Å². The van der Waals surface area contributed by atoms with Crippen molar-refractivity contribution in [3.63, 3.8) is 0 Å². The number of hydrogen-bond donors (Lipinski definition) is 1. The van der Waals surface area contributed by atoms with Crippen LogP contribution in [-0.4, -0.2) is 38.0 Å². The fourth-order valence-corrected chi connectivity index (χ4v) is 1.42. The lowest BCUT2D eigenvalue weighted by atomic mass is 10.2. The van der Waals surface area contributed by atoms with Crippen molar-refractivity contribution in [1.82, 2.24) is 0 Å². The van der Waals surface area contributed by atoms with Gasteiger partial charge in [-0.25, -0.2) is 0 Å². The Kier molecular flexibility index (Phi) is 22.7. The van der Waals surface area contributed by atoms with E-state index in [-0.39, 0.29) is 26.3 Å². The fourth-order valence-electron chi connectivity index (χ4n) is 1.42. The third-order valence-electron chi connectivity index (χ3n) is 2.27. The Bertz CT molecular complexity index is 308. The van der Waals surface area contributed by atoms with Gasteiger partial charge in [-0.05, 0) is 0 Å². The summed E-state index contributed by atoms with van der Waals surface area (Å²) in [7, 11) is 1.67. The third-order valence-corrected chi connectivity index (χ3v) is 2.27. The van der Waals surface area contributed by atoms with Gasteiger partial charge in [0.1, 0.15) is 6.10 Å². The Morgan fingerprint density at radius 2 is 1.50 bits per heavy atom. The van der Waals surface area contributed by atoms with E-state index in [1.807, 2.05) is 58.0 Å². The molecule has 0 saturated carbocycles. The zero-order valence-electron chi connectivity index (χ0n) is 13.6. The first-order valence-corrected chi connectivity index (χ1v) is 7.20. The summed E-state index contributed by atoms with van der Waals surface area (Å²) in [5.41, 5.74) is 1.06. The Labute approximate surface area is 135 Å². The van der Waals surface area contributed by atoms with E-state index in [0.29, 0.717) is 13.2 Å². The molecule has 5 nitrogen and oxygen atoms in total. The molecule has 1 aliphatic heterocycles. The molecule has 0 aliphatic carbocycles. The van der Waals surface area contributed by atoms with Crippen molar-refractivity contribution >= 4 is 6.47 Å². The number of carboxylic acid groups (broad SMARTS) is 1. The average Bonchev–Trinajstić information content (AvgIpc) is 2.60. The van der Waals surface area contributed by atoms with Crippen LogP contribution in [0.4, 0.5) is 0 Å². The van der Waals surface area contributed by atoms with Crippen LogP contribution < -0.4 is 0 Å². The van der Waals surface area contributed by atoms with Crippen LogP contribution in [-0.2, 0) is 19.0 Å². The number of benzene rings is 1. The Hall–Kier alpha value is -1.43. The van der Waals surface area contributed by atoms with E-state index in [1.165, 1.54) is 0 Å². The highest BCUT2D eigenvalue weighted by molar-refractivity contribution is 5.32. The van der Waals surface area contributed by atoms with E-state index in [9.17, 15) is 0 Å². The highest BCUT2D eigenvalue weighted by Crippen LogP contribution is 2.22. The van der Waals surface area contributed by atoms with Gasteiger partial charge in [0.15, 0.2) is 6.29 Å². The minimum absolute atomic E-state index is 0. The van der Waals surface area contributed by atoms with E-state index >= 15 is 0 Å². The first-order chi connectivity index (χ1) is 10.3. The maximum atomic E-state index is 8.36. The lowest BCUT2D eigenvalue weighted by Crippen LogP contribution is -2.32. The van der Waals surface area contributed by atoms with E-state index in [1.54, 1.807) is 7.11 Å². The Balaban J connectivity index is -0.000000395. The first-order valence-electron chi connectivity index (χ1n) is 7.20. The molecular formula is C17H32O5. The highest BCUT2D eigenvalue weighted by atomic mass is 16.7. The minimum Gasteiger partial charge on any atom is -0.483 e. The minimum atomic E-state index is -0.250. The van der Waals surface area contributed by atoms with Gasteiger partial charge in [0.25, 0.3) is 6.47 Å². The van der Waals surface area contributed by atoms with Crippen molar-refractivity contribution in [2.75, 3.05) is 20.3 Å². The summed E-state index contributed by atoms with van der Waals surface area (Å²) < 4.78 is 16.2. The third kappa shape index (κ3) is 11.3. The molecule has 1 fully saturated rings. The topological polar surface area (TPSA) is 65.0 Å². The average molecular weight is 316 g/mol. The summed E-state index contributed by atoms with van der Waals surface area (Å²) >= 11 is 0. The molecule has 1 aromatic rings. The molecule has 1 heterocycles. The van der Waals surface area contributed by atoms with Gasteiger partial charge in [-0.2, -0.15) is 0 Å². The quantitative estimate of drug-likeness (QED) is 0.831. The van der Waals surface area contributed by atoms with Crippen molar-refractivity contribution in [3.05, 3.63) is 35.9 Å². The molecule has 0 spiro atoms. The monoisotopic (exact) mass is 316 g/mol. The van der Waals surface area contributed by atoms with Gasteiger partial charge < -0.3 is 19.3 Å². The molecule has 0 bridgehead atoms. The molecule has 22 heavy (non-hydrogen) atoms. The summed E-state index contributed by atoms with van der Waals surface area (Å²) in [5, 5.41) is 6.89. The standard InChI is InChI=1S/C11H14O3.2C2H6.CH2O2.CH4/c1-12-10-7-13-11(14-8-10)9-5-3-2-4-6-9;2*1-2;2-1-3;/h2-6,10-11H,7-8H2,1H3;2*1-2H3;1H,(H,2,3);1H4. The summed E-state index contributed by atoms with van der Waals surface area (Å²) in [6.45, 7) is 8.94. The molecule has 5 heteroatoms. The summed E-state index contributed by atoms with van der Waals surface area (Å²) in [6.07, 6.45) is -0.169. The van der Waals surface area contributed by atoms with Gasteiger partial charge in [0.05, 0.1) is 13.2 Å². The zero-order valence-corrected chi connectivity index (χ0v) is 13.6. The molecule has 1 aliphatic rings. The Morgan fingerprint density at radius 1 is 1.09 bits per heavy atom. The maximum absolute atomic E-state index is 8.36. The van der Waals surface area contributed by atoms with Gasteiger partial charge in [0, 0.05) is 12.7 Å². The SMILES string of the molecule is C.CC.CC.COC1COC(c2ccccc2)OC1.O=CO. The van der Waals surface area contributed by atoms with Gasteiger partial charge in [-0.3, -0.25) is 4.79 Å². The van der Waals surface area contributed by atoms with Gasteiger partial charge in [-0.1, -0.05) is 65.5 Å². The van der Waals surface area contributed by atoms with E-state index < -0.39 is 0 Å². The second-order valence-electron chi connectivity index (χ2n) is 3.37. The molecule has 0 atom stereocenters. The zero-order chi connectivity index (χ0) is 16.5. The van der Waals surface area contributed by atoms with Crippen molar-refractivity contribution in [2.24, 2.45) is 0 Å². The predicted octanol–water partition coefficient (Wildman–Crippen LogP) is 4.14. The van der Waals surface area contributed by atoms with E-state index in [2.05, 4.69) is 0 Å². The number of methoxy groups -OCH3 is 1. The number of ether oxygens (including phenoxy) is 3. The van der Waals surface area contributed by atoms with Crippen LogP contribution in [0.2, 0.25) is 0 Å². The molecule has 1 aromatic carbocycles. The summed E-state index contributed by atoms with van der Waals surface area (Å²) in [6, 6.07) is 9.93. The summed E-state index contributed by atoms with van der Waals surface area (Å²) in [5.74, 6) is 0. The number of carbonyl (C=O) groups is 1. The van der Waals surface area contributed by atoms with Crippen LogP contribution in [0.25, 0.3) is 0 Å². The number of hydrogen-bond acceptors (Lipinski definition) is 4. The van der Waals surface area contributed by atoms with E-state index in [0.717, 1.165) is 5.56 Å². The molecule has 2 rings (SSSR count). The lowest BCUT2D eigenvalue weighted by molar-refractivity contribution is -0.225. The van der Waals surface area contributed by atoms with Crippen LogP contribution >= 0.6 is 0 Å². The van der Waals surface area contributed by atoms with Crippen LogP contribution in [0.15, 0.2) is 30.3 Å². The van der Waals surface area contributed by atoms with Gasteiger partial charge >= 0.3 is 0 Å². The number of rotatable bonds is 2. The molecule has 1 saturated heterocycles. The normalized spacial score (nSPS) is 18.6. The molecule has 130 valence electrons. The lowest BCUT2D eigenvalue weighted by Gasteiger charge is -2.28. The van der Waals surface area contributed by atoms with Crippen molar-refractivity contribution in [1.29, 1.82) is 0 Å². The maximum Gasteiger partial charge on any atom is 0.290 e. The first kappa shape index (κ1) is 25.5. The van der Waals surface area contributed by atoms with Crippen LogP contribution in [0.3, 0.4) is 0 Å². The molecule has 0 amide bonds. The largest absolute Gasteiger partial charge is 0.483 e. The van der Waals surface area contributed by atoms with Crippen LogP contribution in [0.1, 0.15) is 47.0 Å². The van der Waals surface area contributed by atoms with Crippen LogP contribution in [0.5, 0.6) is 0 Å². The van der Waals surface area contributed by atoms with Crippen molar-refractivity contribution in [3.8, 4) is 0 Å². The van der Waals surface area contributed by atoms with Gasteiger partial charge in [-0.15, -0.1) is 0 Å². The molecule has 0 radical (unpaired) electrons. The fraction of sp³-hybridized carbons (Fsp3) is 0.588. The Morgan fingerprint density at radius 3 is 1.86 bits per heavy atom. The molecule has 1 N–H and O–H groups in total. The predicted molar refractivity (Wildman–Crippen MR) is 90.0 cm³/mol. The summed E-state index contributed by atoms with van der Waals surface area (Å²) in [4.78, 5) is 8.36. The molecule has 0 unspecified atom stereocenters. The second kappa shape index (κ2) is 19.6. The molecule has 0 aromatic heterocycles. The van der Waals surface area contributed by atoms with Crippen LogP contribution in [0, 0.1) is 0 Å². The second-order valence-corrected chi connectivity index (χ2v) is 3.37.